The van der Waals surface area contributed by atoms with Gasteiger partial charge in [-0.25, -0.2) is 9.97 Å². The molecule has 0 aliphatic heterocycles. The maximum Gasteiger partial charge on any atom is 0.140 e. The number of hydrogen-bond donors (Lipinski definition) is 1. The Kier molecular flexibility index (Phi) is 3.41. The molecule has 2 unspecified atom stereocenters. The van der Waals surface area contributed by atoms with E-state index in [0.717, 1.165) is 28.9 Å². The summed E-state index contributed by atoms with van der Waals surface area (Å²) in [5, 5.41) is 1.16. The molecule has 2 aromatic heterocycles. The fourth-order valence-electron chi connectivity index (χ4n) is 3.02. The van der Waals surface area contributed by atoms with E-state index in [-0.39, 0.29) is 6.04 Å². The Morgan fingerprint density at radius 3 is 2.89 bits per heavy atom. The molecule has 3 rings (SSSR count). The Labute approximate surface area is 117 Å². The van der Waals surface area contributed by atoms with Crippen LogP contribution in [0.2, 0.25) is 0 Å². The van der Waals surface area contributed by atoms with Crippen molar-refractivity contribution in [2.24, 2.45) is 5.73 Å². The first-order chi connectivity index (χ1) is 9.16. The van der Waals surface area contributed by atoms with Gasteiger partial charge in [0.15, 0.2) is 0 Å². The fraction of sp³-hybridized carbons (Fsp3) is 0.571. The van der Waals surface area contributed by atoms with Gasteiger partial charge in [0, 0.05) is 24.0 Å². The molecule has 2 atom stereocenters. The lowest BCUT2D eigenvalue weighted by Gasteiger charge is -2.36. The second-order valence-electron chi connectivity index (χ2n) is 5.40. The van der Waals surface area contributed by atoms with Crippen LogP contribution in [0.3, 0.4) is 0 Å². The third-order valence-electron chi connectivity index (χ3n) is 4.04. The largest absolute Gasteiger partial charge is 0.354 e. The molecular weight excluding hydrogens is 256 g/mol. The predicted molar refractivity (Wildman–Crippen MR) is 80.8 cm³/mol. The highest BCUT2D eigenvalue weighted by atomic mass is 32.1. The molecule has 0 amide bonds. The first-order valence-electron chi connectivity index (χ1n) is 6.86. The Morgan fingerprint density at radius 2 is 2.11 bits per heavy atom. The fourth-order valence-corrected chi connectivity index (χ4v) is 3.86. The van der Waals surface area contributed by atoms with Gasteiger partial charge in [-0.1, -0.05) is 12.8 Å². The van der Waals surface area contributed by atoms with Gasteiger partial charge in [-0.3, -0.25) is 0 Å². The molecule has 2 N–H and O–H groups in total. The molecule has 1 aliphatic carbocycles. The number of nitrogens with two attached hydrogens (primary N) is 1. The highest BCUT2D eigenvalue weighted by molar-refractivity contribution is 7.18. The monoisotopic (exact) mass is 276 g/mol. The van der Waals surface area contributed by atoms with Crippen LogP contribution in [0.25, 0.3) is 10.2 Å². The Hall–Kier alpha value is -1.20. The van der Waals surface area contributed by atoms with E-state index >= 15 is 0 Å². The highest BCUT2D eigenvalue weighted by Crippen LogP contribution is 2.32. The van der Waals surface area contributed by atoms with Crippen LogP contribution in [0.1, 0.15) is 30.6 Å². The van der Waals surface area contributed by atoms with E-state index in [9.17, 15) is 0 Å². The number of thiophene rings is 1. The number of hydrogen-bond acceptors (Lipinski definition) is 5. The minimum atomic E-state index is 0.253. The highest BCUT2D eigenvalue weighted by Gasteiger charge is 2.27. The molecule has 19 heavy (non-hydrogen) atoms. The van der Waals surface area contributed by atoms with Crippen molar-refractivity contribution in [2.75, 3.05) is 11.9 Å². The number of anilines is 1. The summed E-state index contributed by atoms with van der Waals surface area (Å²) < 4.78 is 0. The SMILES string of the molecule is Cc1cc2c(N(C)C3CCCCC3N)ncnc2s1. The third kappa shape index (κ3) is 2.32. The van der Waals surface area contributed by atoms with Crippen LogP contribution in [-0.2, 0) is 0 Å². The van der Waals surface area contributed by atoms with Crippen LogP contribution in [0.15, 0.2) is 12.4 Å². The maximum atomic E-state index is 6.28. The summed E-state index contributed by atoms with van der Waals surface area (Å²) in [5.41, 5.74) is 6.28. The minimum Gasteiger partial charge on any atom is -0.354 e. The van der Waals surface area contributed by atoms with E-state index in [1.54, 1.807) is 17.7 Å². The first-order valence-corrected chi connectivity index (χ1v) is 7.68. The third-order valence-corrected chi connectivity index (χ3v) is 5.00. The van der Waals surface area contributed by atoms with E-state index in [4.69, 9.17) is 5.73 Å². The summed E-state index contributed by atoms with van der Waals surface area (Å²) in [4.78, 5) is 13.5. The molecule has 102 valence electrons. The summed E-state index contributed by atoms with van der Waals surface area (Å²) >= 11 is 1.72. The summed E-state index contributed by atoms with van der Waals surface area (Å²) in [6, 6.07) is 2.83. The molecule has 0 bridgehead atoms. The molecule has 1 saturated carbocycles. The zero-order valence-corrected chi connectivity index (χ0v) is 12.3. The molecule has 0 saturated heterocycles. The molecule has 4 nitrogen and oxygen atoms in total. The standard InChI is InChI=1S/C14H20N4S/c1-9-7-10-13(16-8-17-14(10)19-9)18(2)12-6-4-3-5-11(12)15/h7-8,11-12H,3-6,15H2,1-2H3. The van der Waals surface area contributed by atoms with Gasteiger partial charge >= 0.3 is 0 Å². The topological polar surface area (TPSA) is 55.0 Å². The maximum absolute atomic E-state index is 6.28. The van der Waals surface area contributed by atoms with E-state index < -0.39 is 0 Å². The molecule has 2 aromatic rings. The quantitative estimate of drug-likeness (QED) is 0.916. The van der Waals surface area contributed by atoms with Crippen molar-refractivity contribution in [1.29, 1.82) is 0 Å². The van der Waals surface area contributed by atoms with E-state index in [0.29, 0.717) is 6.04 Å². The average molecular weight is 276 g/mol. The number of rotatable bonds is 2. The van der Waals surface area contributed by atoms with Crippen LogP contribution in [-0.4, -0.2) is 29.1 Å². The molecule has 0 aromatic carbocycles. The Morgan fingerprint density at radius 1 is 1.32 bits per heavy atom. The Balaban J connectivity index is 1.98. The second kappa shape index (κ2) is 5.06. The first kappa shape index (κ1) is 12.8. The van der Waals surface area contributed by atoms with Crippen molar-refractivity contribution in [3.8, 4) is 0 Å². The summed E-state index contributed by atoms with van der Waals surface area (Å²) in [6.07, 6.45) is 6.46. The number of fused-ring (bicyclic) bond motifs is 1. The minimum absolute atomic E-state index is 0.253. The smallest absolute Gasteiger partial charge is 0.140 e. The molecule has 1 fully saturated rings. The van der Waals surface area contributed by atoms with Crippen LogP contribution in [0.4, 0.5) is 5.82 Å². The normalized spacial score (nSPS) is 23.7. The summed E-state index contributed by atoms with van der Waals surface area (Å²) in [6.45, 7) is 2.11. The van der Waals surface area contributed by atoms with Gasteiger partial charge in [0.25, 0.3) is 0 Å². The molecule has 5 heteroatoms. The van der Waals surface area contributed by atoms with Crippen molar-refractivity contribution in [3.05, 3.63) is 17.3 Å². The lowest BCUT2D eigenvalue weighted by molar-refractivity contribution is 0.373. The van der Waals surface area contributed by atoms with E-state index in [1.807, 2.05) is 0 Å². The van der Waals surface area contributed by atoms with Crippen molar-refractivity contribution < 1.29 is 0 Å². The molecule has 0 spiro atoms. The number of aromatic nitrogens is 2. The molecule has 0 radical (unpaired) electrons. The second-order valence-corrected chi connectivity index (χ2v) is 6.63. The Bertz CT molecular complexity index is 580. The van der Waals surface area contributed by atoms with Gasteiger partial charge in [0.05, 0.1) is 5.39 Å². The van der Waals surface area contributed by atoms with Gasteiger partial charge in [-0.15, -0.1) is 11.3 Å². The van der Waals surface area contributed by atoms with Crippen molar-refractivity contribution in [3.63, 3.8) is 0 Å². The molecular formula is C14H20N4S. The van der Waals surface area contributed by atoms with Gasteiger partial charge < -0.3 is 10.6 Å². The molecule has 1 aliphatic rings. The number of aryl methyl sites for hydroxylation is 1. The predicted octanol–water partition coefficient (Wildman–Crippen LogP) is 2.71. The van der Waals surface area contributed by atoms with E-state index in [1.165, 1.54) is 17.7 Å². The van der Waals surface area contributed by atoms with Crippen molar-refractivity contribution in [1.82, 2.24) is 9.97 Å². The van der Waals surface area contributed by atoms with Crippen LogP contribution in [0, 0.1) is 6.92 Å². The number of likely N-dealkylation sites (N-methyl/N-ethyl adjacent to an activating group) is 1. The lowest BCUT2D eigenvalue weighted by atomic mass is 9.90. The lowest BCUT2D eigenvalue weighted by Crippen LogP contribution is -2.48. The van der Waals surface area contributed by atoms with Crippen LogP contribution in [0.5, 0.6) is 0 Å². The number of nitrogens with zero attached hydrogens (tertiary/aromatic N) is 3. The van der Waals surface area contributed by atoms with Crippen LogP contribution >= 0.6 is 11.3 Å². The van der Waals surface area contributed by atoms with E-state index in [2.05, 4.69) is 34.9 Å². The van der Waals surface area contributed by atoms with Crippen molar-refractivity contribution >= 4 is 27.4 Å². The molecule has 2 heterocycles. The van der Waals surface area contributed by atoms with Gasteiger partial charge in [-0.05, 0) is 25.8 Å². The summed E-state index contributed by atoms with van der Waals surface area (Å²) in [7, 11) is 2.12. The van der Waals surface area contributed by atoms with Crippen molar-refractivity contribution in [2.45, 2.75) is 44.7 Å². The zero-order valence-electron chi connectivity index (χ0n) is 11.5. The van der Waals surface area contributed by atoms with Gasteiger partial charge in [0.2, 0.25) is 0 Å². The zero-order chi connectivity index (χ0) is 13.4. The van der Waals surface area contributed by atoms with Crippen LogP contribution < -0.4 is 10.6 Å². The summed E-state index contributed by atoms with van der Waals surface area (Å²) in [5.74, 6) is 1.02. The average Bonchev–Trinajstić information content (AvgIpc) is 2.78. The van der Waals surface area contributed by atoms with Gasteiger partial charge in [0.1, 0.15) is 17.0 Å². The van der Waals surface area contributed by atoms with Gasteiger partial charge in [-0.2, -0.15) is 0 Å².